The second-order valence-corrected chi connectivity index (χ2v) is 1.74. The molecular weight excluding hydrogens is 134 g/mol. The van der Waals surface area contributed by atoms with Crippen LogP contribution in [-0.2, 0) is 14.7 Å². The molecule has 0 aliphatic rings. The van der Waals surface area contributed by atoms with Gasteiger partial charge in [-0.25, -0.2) is 5.11 Å². The fourth-order valence-electron chi connectivity index (χ4n) is 0.465. The number of hydrogen-bond donors (Lipinski definition) is 1. The number of carbonyl (C=O) groups is 2. The van der Waals surface area contributed by atoms with Crippen LogP contribution in [0.5, 0.6) is 0 Å². The van der Waals surface area contributed by atoms with E-state index in [2.05, 4.69) is 5.32 Å². The number of likely N-dealkylation sites (N-methyl/N-ethyl adjacent to an activating group) is 1. The highest BCUT2D eigenvalue weighted by molar-refractivity contribution is 6.36. The van der Waals surface area contributed by atoms with Crippen molar-refractivity contribution in [3.63, 3.8) is 0 Å². The quantitative estimate of drug-likeness (QED) is 0.541. The fraction of sp³-hybridized carbons (Fsp3) is 0.667. The van der Waals surface area contributed by atoms with E-state index in [1.807, 2.05) is 0 Å². The minimum atomic E-state index is -0.654. The lowest BCUT2D eigenvalue weighted by Crippen LogP contribution is -2.30. The van der Waals surface area contributed by atoms with Gasteiger partial charge in [0.2, 0.25) is 5.78 Å². The van der Waals surface area contributed by atoms with E-state index in [0.29, 0.717) is 6.54 Å². The second kappa shape index (κ2) is 4.93. The Morgan fingerprint density at radius 1 is 1.40 bits per heavy atom. The van der Waals surface area contributed by atoms with E-state index in [1.54, 1.807) is 6.92 Å². The Morgan fingerprint density at radius 2 is 2.00 bits per heavy atom. The van der Waals surface area contributed by atoms with Gasteiger partial charge in [0, 0.05) is 13.0 Å². The van der Waals surface area contributed by atoms with Gasteiger partial charge >= 0.3 is 0 Å². The summed E-state index contributed by atoms with van der Waals surface area (Å²) in [5.74, 6) is -1.28. The first-order chi connectivity index (χ1) is 4.72. The van der Waals surface area contributed by atoms with Crippen molar-refractivity contribution in [2.45, 2.75) is 13.3 Å². The molecule has 0 heterocycles. The number of amides is 1. The zero-order valence-electron chi connectivity index (χ0n) is 5.85. The third-order valence-electron chi connectivity index (χ3n) is 0.920. The molecule has 4 heteroatoms. The van der Waals surface area contributed by atoms with Crippen molar-refractivity contribution in [3.8, 4) is 0 Å². The summed E-state index contributed by atoms with van der Waals surface area (Å²) in [7, 11) is 0. The lowest BCUT2D eigenvalue weighted by Gasteiger charge is -1.96. The smallest absolute Gasteiger partial charge is 0.287 e. The van der Waals surface area contributed by atoms with Crippen molar-refractivity contribution >= 4 is 11.7 Å². The number of carbonyl (C=O) groups excluding carboxylic acids is 2. The van der Waals surface area contributed by atoms with E-state index in [9.17, 15) is 14.7 Å². The van der Waals surface area contributed by atoms with Crippen LogP contribution in [0.15, 0.2) is 0 Å². The molecule has 0 spiro atoms. The zero-order chi connectivity index (χ0) is 7.98. The third kappa shape index (κ3) is 3.19. The van der Waals surface area contributed by atoms with Crippen molar-refractivity contribution in [3.05, 3.63) is 0 Å². The van der Waals surface area contributed by atoms with Crippen LogP contribution in [0.25, 0.3) is 0 Å². The molecule has 0 unspecified atom stereocenters. The molecular formula is C6H10NO3. The normalized spacial score (nSPS) is 9.00. The lowest BCUT2D eigenvalue weighted by molar-refractivity contribution is -0.138. The Balaban J connectivity index is 3.60. The maximum atomic E-state index is 10.5. The zero-order valence-corrected chi connectivity index (χ0v) is 5.85. The van der Waals surface area contributed by atoms with Gasteiger partial charge < -0.3 is 5.32 Å². The van der Waals surface area contributed by atoms with E-state index in [1.165, 1.54) is 0 Å². The number of hydrogen-bond acceptors (Lipinski definition) is 2. The molecule has 0 aliphatic carbocycles. The summed E-state index contributed by atoms with van der Waals surface area (Å²) in [6.07, 6.45) is -0.203. The van der Waals surface area contributed by atoms with Gasteiger partial charge in [-0.1, -0.05) is 0 Å². The highest BCUT2D eigenvalue weighted by Crippen LogP contribution is 1.80. The highest BCUT2D eigenvalue weighted by Gasteiger charge is 2.10. The molecule has 0 aromatic carbocycles. The average Bonchev–Trinajstić information content (AvgIpc) is 1.89. The first-order valence-electron chi connectivity index (χ1n) is 3.11. The Hall–Kier alpha value is -0.900. The van der Waals surface area contributed by atoms with E-state index in [0.717, 1.165) is 0 Å². The number of rotatable bonds is 4. The van der Waals surface area contributed by atoms with Crippen LogP contribution >= 0.6 is 0 Å². The van der Waals surface area contributed by atoms with Gasteiger partial charge in [0.1, 0.15) is 0 Å². The fourth-order valence-corrected chi connectivity index (χ4v) is 0.465. The van der Waals surface area contributed by atoms with Gasteiger partial charge in [-0.2, -0.15) is 0 Å². The van der Waals surface area contributed by atoms with Crippen molar-refractivity contribution in [2.24, 2.45) is 0 Å². The molecule has 0 rings (SSSR count). The average molecular weight is 144 g/mol. The van der Waals surface area contributed by atoms with E-state index >= 15 is 0 Å². The number of Topliss-reactive ketones (excluding diaryl/α,β-unsaturated/α-hetero) is 1. The maximum absolute atomic E-state index is 10.5. The molecule has 1 amide bonds. The number of nitrogens with one attached hydrogen (secondary N) is 1. The predicted octanol–water partition coefficient (Wildman–Crippen LogP) is -0.488. The third-order valence-corrected chi connectivity index (χ3v) is 0.920. The molecule has 1 radical (unpaired) electrons. The SMILES string of the molecule is CCNC(=O)C(=O)CC[O]. The summed E-state index contributed by atoms with van der Waals surface area (Å²) in [5.41, 5.74) is 0. The summed E-state index contributed by atoms with van der Waals surface area (Å²) < 4.78 is 0. The monoisotopic (exact) mass is 144 g/mol. The van der Waals surface area contributed by atoms with Crippen molar-refractivity contribution < 1.29 is 14.7 Å². The highest BCUT2D eigenvalue weighted by atomic mass is 16.3. The van der Waals surface area contributed by atoms with Crippen LogP contribution in [0.4, 0.5) is 0 Å². The minimum Gasteiger partial charge on any atom is -0.350 e. The van der Waals surface area contributed by atoms with Gasteiger partial charge in [0.25, 0.3) is 5.91 Å². The molecule has 0 aliphatic heterocycles. The second-order valence-electron chi connectivity index (χ2n) is 1.74. The Kier molecular flexibility index (Phi) is 4.49. The molecule has 4 nitrogen and oxygen atoms in total. The van der Waals surface area contributed by atoms with Gasteiger partial charge in [0.15, 0.2) is 0 Å². The van der Waals surface area contributed by atoms with Crippen molar-refractivity contribution in [1.29, 1.82) is 0 Å². The molecule has 0 aromatic heterocycles. The summed E-state index contributed by atoms with van der Waals surface area (Å²) in [6, 6.07) is 0. The molecule has 0 saturated carbocycles. The molecule has 10 heavy (non-hydrogen) atoms. The molecule has 0 saturated heterocycles. The first-order valence-corrected chi connectivity index (χ1v) is 3.11. The Morgan fingerprint density at radius 3 is 2.40 bits per heavy atom. The predicted molar refractivity (Wildman–Crippen MR) is 33.9 cm³/mol. The van der Waals surface area contributed by atoms with E-state index < -0.39 is 18.3 Å². The minimum absolute atomic E-state index is 0.203. The van der Waals surface area contributed by atoms with Crippen LogP contribution in [0.3, 0.4) is 0 Å². The van der Waals surface area contributed by atoms with Crippen LogP contribution in [-0.4, -0.2) is 24.8 Å². The summed E-state index contributed by atoms with van der Waals surface area (Å²) >= 11 is 0. The molecule has 0 atom stereocenters. The van der Waals surface area contributed by atoms with Crippen LogP contribution in [0.2, 0.25) is 0 Å². The lowest BCUT2D eigenvalue weighted by atomic mass is 10.3. The number of ketones is 1. The standard InChI is InChI=1S/C6H10NO3/c1-2-7-6(10)5(9)3-4-8/h2-4H2,1H3,(H,7,10). The topological polar surface area (TPSA) is 66.1 Å². The maximum Gasteiger partial charge on any atom is 0.287 e. The summed E-state index contributed by atoms with van der Waals surface area (Å²) in [5, 5.41) is 12.2. The van der Waals surface area contributed by atoms with E-state index in [-0.39, 0.29) is 6.42 Å². The van der Waals surface area contributed by atoms with E-state index in [4.69, 9.17) is 0 Å². The largest absolute Gasteiger partial charge is 0.350 e. The molecule has 1 N–H and O–H groups in total. The summed E-state index contributed by atoms with van der Waals surface area (Å²) in [4.78, 5) is 21.1. The van der Waals surface area contributed by atoms with Crippen LogP contribution in [0.1, 0.15) is 13.3 Å². The van der Waals surface area contributed by atoms with Crippen molar-refractivity contribution in [2.75, 3.05) is 13.2 Å². The molecule has 0 bridgehead atoms. The molecule has 0 aromatic rings. The molecule has 57 valence electrons. The van der Waals surface area contributed by atoms with Crippen molar-refractivity contribution in [1.82, 2.24) is 5.32 Å². The van der Waals surface area contributed by atoms with Gasteiger partial charge in [0.05, 0.1) is 6.61 Å². The van der Waals surface area contributed by atoms with Gasteiger partial charge in [-0.3, -0.25) is 9.59 Å². The first kappa shape index (κ1) is 9.10. The summed E-state index contributed by atoms with van der Waals surface area (Å²) in [6.45, 7) is 1.61. The van der Waals surface area contributed by atoms with Gasteiger partial charge in [-0.15, -0.1) is 0 Å². The van der Waals surface area contributed by atoms with Gasteiger partial charge in [-0.05, 0) is 6.92 Å². The van der Waals surface area contributed by atoms with Crippen LogP contribution in [0, 0.1) is 0 Å². The Bertz CT molecular complexity index is 117. The molecule has 0 fully saturated rings. The Labute approximate surface area is 59.2 Å². The van der Waals surface area contributed by atoms with Crippen LogP contribution < -0.4 is 5.32 Å².